The van der Waals surface area contributed by atoms with Crippen molar-refractivity contribution in [3.05, 3.63) is 72.1 Å². The number of ether oxygens (including phenoxy) is 2. The minimum Gasteiger partial charge on any atom is -0.495 e. The Morgan fingerprint density at radius 3 is 2.89 bits per heavy atom. The summed E-state index contributed by atoms with van der Waals surface area (Å²) < 4.78 is 16.6. The molecule has 0 amide bonds. The molecule has 36 heavy (non-hydrogen) atoms. The van der Waals surface area contributed by atoms with E-state index in [1.807, 2.05) is 54.6 Å². The van der Waals surface area contributed by atoms with E-state index in [4.69, 9.17) is 13.9 Å². The van der Waals surface area contributed by atoms with E-state index in [2.05, 4.69) is 9.88 Å². The fourth-order valence-corrected chi connectivity index (χ4v) is 5.18. The molecular formula is C28H30N2O6. The van der Waals surface area contributed by atoms with E-state index in [-0.39, 0.29) is 5.92 Å². The molecule has 1 aliphatic heterocycles. The number of benzene rings is 2. The number of hydrogen-bond donors (Lipinski definition) is 2. The molecule has 0 spiro atoms. The zero-order valence-corrected chi connectivity index (χ0v) is 20.2. The summed E-state index contributed by atoms with van der Waals surface area (Å²) in [6, 6.07) is 17.5. The molecule has 2 aromatic carbocycles. The molecule has 8 heteroatoms. The molecule has 3 heterocycles. The SMILES string of the molecule is COc1cnc2cccc(C(O)CC[C@@H]3CCN(Cc4cc5ccccc5o4)C[C@@H]3OC(=O)O)c2c1. The lowest BCUT2D eigenvalue weighted by atomic mass is 9.87. The van der Waals surface area contributed by atoms with Crippen LogP contribution in [0.4, 0.5) is 4.79 Å². The monoisotopic (exact) mass is 490 g/mol. The molecule has 1 saturated heterocycles. The second-order valence-electron chi connectivity index (χ2n) is 9.34. The van der Waals surface area contributed by atoms with Gasteiger partial charge in [0.05, 0.1) is 31.5 Å². The van der Waals surface area contributed by atoms with Crippen molar-refractivity contribution in [1.29, 1.82) is 0 Å². The Hall–Kier alpha value is -3.62. The number of carbonyl (C=O) groups is 1. The highest BCUT2D eigenvalue weighted by Crippen LogP contribution is 2.33. The number of furan rings is 1. The number of fused-ring (bicyclic) bond motifs is 2. The molecule has 2 aromatic heterocycles. The van der Waals surface area contributed by atoms with Crippen molar-refractivity contribution in [2.24, 2.45) is 5.92 Å². The minimum atomic E-state index is -1.27. The van der Waals surface area contributed by atoms with E-state index in [0.717, 1.165) is 46.2 Å². The second-order valence-corrected chi connectivity index (χ2v) is 9.34. The van der Waals surface area contributed by atoms with Gasteiger partial charge in [-0.25, -0.2) is 4.79 Å². The van der Waals surface area contributed by atoms with E-state index in [0.29, 0.717) is 31.7 Å². The van der Waals surface area contributed by atoms with Crippen molar-refractivity contribution < 1.29 is 28.9 Å². The third-order valence-corrected chi connectivity index (χ3v) is 7.03. The average Bonchev–Trinajstić information content (AvgIpc) is 3.29. The maximum Gasteiger partial charge on any atom is 0.506 e. The first-order valence-electron chi connectivity index (χ1n) is 12.2. The van der Waals surface area contributed by atoms with Crippen LogP contribution >= 0.6 is 0 Å². The van der Waals surface area contributed by atoms with Crippen molar-refractivity contribution in [3.8, 4) is 5.75 Å². The maximum absolute atomic E-state index is 11.4. The highest BCUT2D eigenvalue weighted by atomic mass is 16.7. The predicted octanol–water partition coefficient (Wildman–Crippen LogP) is 5.39. The number of aromatic nitrogens is 1. The third kappa shape index (κ3) is 5.29. The van der Waals surface area contributed by atoms with Gasteiger partial charge in [-0.3, -0.25) is 9.88 Å². The number of piperidine rings is 1. The minimum absolute atomic E-state index is 0.0188. The summed E-state index contributed by atoms with van der Waals surface area (Å²) in [4.78, 5) is 18.0. The molecule has 0 bridgehead atoms. The van der Waals surface area contributed by atoms with E-state index in [1.54, 1.807) is 13.3 Å². The first-order valence-corrected chi connectivity index (χ1v) is 12.2. The van der Waals surface area contributed by atoms with Crippen LogP contribution in [0, 0.1) is 5.92 Å². The molecule has 1 aliphatic rings. The maximum atomic E-state index is 11.4. The first kappa shape index (κ1) is 24.1. The molecule has 0 radical (unpaired) electrons. The normalized spacial score (nSPS) is 19.4. The van der Waals surface area contributed by atoms with Crippen molar-refractivity contribution in [1.82, 2.24) is 9.88 Å². The van der Waals surface area contributed by atoms with Gasteiger partial charge in [-0.1, -0.05) is 30.3 Å². The van der Waals surface area contributed by atoms with E-state index >= 15 is 0 Å². The number of likely N-dealkylation sites (tertiary alicyclic amines) is 1. The number of nitrogens with zero attached hydrogens (tertiary/aromatic N) is 2. The highest BCUT2D eigenvalue weighted by molar-refractivity contribution is 5.83. The third-order valence-electron chi connectivity index (χ3n) is 7.03. The van der Waals surface area contributed by atoms with Gasteiger partial charge in [-0.15, -0.1) is 0 Å². The molecule has 2 N–H and O–H groups in total. The number of hydrogen-bond acceptors (Lipinski definition) is 7. The fourth-order valence-electron chi connectivity index (χ4n) is 5.18. The summed E-state index contributed by atoms with van der Waals surface area (Å²) >= 11 is 0. The van der Waals surface area contributed by atoms with Gasteiger partial charge in [0, 0.05) is 17.3 Å². The zero-order chi connectivity index (χ0) is 25.1. The quantitative estimate of drug-likeness (QED) is 0.317. The number of pyridine rings is 1. The van der Waals surface area contributed by atoms with Crippen molar-refractivity contribution in [2.75, 3.05) is 20.2 Å². The molecule has 8 nitrogen and oxygen atoms in total. The van der Waals surface area contributed by atoms with Crippen LogP contribution in [0.5, 0.6) is 5.75 Å². The lowest BCUT2D eigenvalue weighted by molar-refractivity contribution is -0.0267. The van der Waals surface area contributed by atoms with Gasteiger partial charge in [-0.05, 0) is 61.6 Å². The number of aliphatic hydroxyl groups is 1. The van der Waals surface area contributed by atoms with Crippen LogP contribution in [0.25, 0.3) is 21.9 Å². The van der Waals surface area contributed by atoms with E-state index in [9.17, 15) is 15.0 Å². The number of rotatable bonds is 8. The van der Waals surface area contributed by atoms with Crippen molar-refractivity contribution >= 4 is 28.0 Å². The summed E-state index contributed by atoms with van der Waals surface area (Å²) in [5, 5.41) is 22.3. The van der Waals surface area contributed by atoms with Crippen molar-refractivity contribution in [3.63, 3.8) is 0 Å². The topological polar surface area (TPSA) is 105 Å². The standard InChI is InChI=1S/C28H30N2O6/c1-34-20-14-23-22(6-4-7-24(23)29-15-20)25(31)10-9-18-11-12-30(17-27(18)36-28(32)33)16-21-13-19-5-2-3-8-26(19)35-21/h2-8,13-15,18,25,27,31H,9-12,16-17H2,1H3,(H,32,33)/t18-,25?,27+/m1/s1. The Kier molecular flexibility index (Phi) is 7.06. The summed E-state index contributed by atoms with van der Waals surface area (Å²) in [6.45, 7) is 1.88. The molecule has 1 unspecified atom stereocenters. The van der Waals surface area contributed by atoms with Crippen LogP contribution in [-0.2, 0) is 11.3 Å². The number of carboxylic acid groups (broad SMARTS) is 1. The summed E-state index contributed by atoms with van der Waals surface area (Å²) in [6.07, 6.45) is 1.11. The first-order chi connectivity index (χ1) is 17.5. The van der Waals surface area contributed by atoms with Crippen molar-refractivity contribution in [2.45, 2.75) is 38.0 Å². The lowest BCUT2D eigenvalue weighted by Gasteiger charge is -2.37. The fraction of sp³-hybridized carbons (Fsp3) is 0.357. The van der Waals surface area contributed by atoms with Gasteiger partial charge in [0.15, 0.2) is 0 Å². The van der Waals surface area contributed by atoms with E-state index < -0.39 is 18.4 Å². The molecule has 0 saturated carbocycles. The summed E-state index contributed by atoms with van der Waals surface area (Å²) in [5.74, 6) is 1.50. The molecular weight excluding hydrogens is 460 g/mol. The van der Waals surface area contributed by atoms with Crippen LogP contribution in [0.2, 0.25) is 0 Å². The average molecular weight is 491 g/mol. The van der Waals surface area contributed by atoms with Crippen LogP contribution in [0.3, 0.4) is 0 Å². The van der Waals surface area contributed by atoms with E-state index in [1.165, 1.54) is 0 Å². The number of methoxy groups -OCH3 is 1. The zero-order valence-electron chi connectivity index (χ0n) is 20.2. The van der Waals surface area contributed by atoms with Gasteiger partial charge in [0.2, 0.25) is 0 Å². The molecule has 4 aromatic rings. The Labute approximate surface area is 209 Å². The van der Waals surface area contributed by atoms with Crippen LogP contribution in [-0.4, -0.2) is 52.6 Å². The smallest absolute Gasteiger partial charge is 0.495 e. The molecule has 188 valence electrons. The molecule has 5 rings (SSSR count). The lowest BCUT2D eigenvalue weighted by Crippen LogP contribution is -2.45. The largest absolute Gasteiger partial charge is 0.506 e. The second kappa shape index (κ2) is 10.6. The van der Waals surface area contributed by atoms with Gasteiger partial charge >= 0.3 is 6.16 Å². The number of aliphatic hydroxyl groups excluding tert-OH is 1. The van der Waals surface area contributed by atoms with Crippen LogP contribution in [0.1, 0.15) is 36.7 Å². The number of para-hydroxylation sites is 1. The predicted molar refractivity (Wildman–Crippen MR) is 135 cm³/mol. The Balaban J connectivity index is 1.25. The molecule has 0 aliphatic carbocycles. The molecule has 3 atom stereocenters. The van der Waals surface area contributed by atoms with Gasteiger partial charge in [-0.2, -0.15) is 0 Å². The van der Waals surface area contributed by atoms with Gasteiger partial charge in [0.25, 0.3) is 0 Å². The van der Waals surface area contributed by atoms with Gasteiger partial charge < -0.3 is 24.1 Å². The van der Waals surface area contributed by atoms with Crippen LogP contribution < -0.4 is 4.74 Å². The summed E-state index contributed by atoms with van der Waals surface area (Å²) in [7, 11) is 1.59. The highest BCUT2D eigenvalue weighted by Gasteiger charge is 2.33. The van der Waals surface area contributed by atoms with Crippen LogP contribution in [0.15, 0.2) is 65.2 Å². The Morgan fingerprint density at radius 1 is 1.22 bits per heavy atom. The Bertz CT molecular complexity index is 1320. The van der Waals surface area contributed by atoms with Gasteiger partial charge in [0.1, 0.15) is 23.2 Å². The summed E-state index contributed by atoms with van der Waals surface area (Å²) in [5.41, 5.74) is 2.42. The Morgan fingerprint density at radius 2 is 2.08 bits per heavy atom. The molecule has 1 fully saturated rings.